The first kappa shape index (κ1) is 43.4. The molecule has 2 aliphatic heterocycles. The molecule has 9 rings (SSSR count). The Labute approximate surface area is 364 Å². The molecule has 4 aromatic carbocycles. The number of hydrogen-bond donors (Lipinski definition) is 4. The maximum absolute atomic E-state index is 12.8. The van der Waals surface area contributed by atoms with Crippen molar-refractivity contribution in [3.63, 3.8) is 0 Å². The van der Waals surface area contributed by atoms with Crippen LogP contribution in [-0.4, -0.2) is 94.1 Å². The van der Waals surface area contributed by atoms with Crippen LogP contribution in [0.5, 0.6) is 0 Å². The van der Waals surface area contributed by atoms with Crippen molar-refractivity contribution in [1.29, 1.82) is 0 Å². The highest BCUT2D eigenvalue weighted by Gasteiger charge is 2.33. The number of benzene rings is 4. The third-order valence-electron chi connectivity index (χ3n) is 10.7. The van der Waals surface area contributed by atoms with Gasteiger partial charge in [-0.05, 0) is 55.5 Å². The number of methoxy groups -OCH3 is 2. The van der Waals surface area contributed by atoms with Crippen molar-refractivity contribution in [2.45, 2.75) is 37.8 Å². The molecular weight excluding hydrogens is 801 g/mol. The maximum Gasteiger partial charge on any atom is 0.407 e. The van der Waals surface area contributed by atoms with E-state index in [9.17, 15) is 19.2 Å². The molecule has 0 unspecified atom stereocenters. The smallest absolute Gasteiger partial charge is 0.407 e. The summed E-state index contributed by atoms with van der Waals surface area (Å²) in [5.41, 5.74) is 5.20. The van der Waals surface area contributed by atoms with E-state index in [1.807, 2.05) is 121 Å². The Morgan fingerprint density at radius 3 is 1.51 bits per heavy atom. The van der Waals surface area contributed by atoms with E-state index in [-0.39, 0.29) is 37.0 Å². The van der Waals surface area contributed by atoms with Gasteiger partial charge in [0.1, 0.15) is 36.1 Å². The predicted octanol–water partition coefficient (Wildman–Crippen LogP) is 8.29. The van der Waals surface area contributed by atoms with Crippen LogP contribution < -0.4 is 10.6 Å². The van der Waals surface area contributed by atoms with Gasteiger partial charge in [-0.2, -0.15) is 0 Å². The van der Waals surface area contributed by atoms with E-state index < -0.39 is 12.2 Å². The standard InChI is InChI=1S/C36H38N8O7.2C6H6/c1-49-35(47)39-19-31(45)43-13-3-5-27(43)33-37-17-25(41-33)21-7-9-22(10-8-21)30-16-24-15-23(11-12-29(24)51-30)26-18-38-34(42-26)28-6-4-14-44(28)32(46)20-40-36(48)50-2;2*1-2-4-6-5-3-1/h7-12,15-18,27-28H,3-6,13-14,19-20H2,1-2H3,(H,37,41)(H,38,42)(H,39,47)(H,40,48);2*1-6H/t27-,28-;;/m0../s1. The molecule has 2 saturated heterocycles. The van der Waals surface area contributed by atoms with Gasteiger partial charge in [0.2, 0.25) is 11.8 Å². The number of hydrogen-bond acceptors (Lipinski definition) is 9. The molecular formula is C48H50N8O7. The zero-order chi connectivity index (χ0) is 44.0. The lowest BCUT2D eigenvalue weighted by Crippen LogP contribution is -2.40. The topological polar surface area (TPSA) is 188 Å². The van der Waals surface area contributed by atoms with Crippen LogP contribution >= 0.6 is 0 Å². The molecule has 63 heavy (non-hydrogen) atoms. The molecule has 7 aromatic rings. The molecule has 0 radical (unpaired) electrons. The van der Waals surface area contributed by atoms with Gasteiger partial charge in [0.15, 0.2) is 0 Å². The molecule has 0 saturated carbocycles. The number of alkyl carbamates (subject to hydrolysis) is 2. The van der Waals surface area contributed by atoms with Crippen LogP contribution in [0.2, 0.25) is 0 Å². The minimum atomic E-state index is -0.644. The second-order valence-electron chi connectivity index (χ2n) is 14.8. The van der Waals surface area contributed by atoms with Crippen molar-refractivity contribution in [2.24, 2.45) is 0 Å². The molecule has 5 heterocycles. The monoisotopic (exact) mass is 850 g/mol. The Kier molecular flexibility index (Phi) is 14.6. The van der Waals surface area contributed by atoms with Crippen LogP contribution in [0.15, 0.2) is 138 Å². The molecule has 2 fully saturated rings. The van der Waals surface area contributed by atoms with Gasteiger partial charge in [0, 0.05) is 29.6 Å². The molecule has 15 heteroatoms. The van der Waals surface area contributed by atoms with Crippen molar-refractivity contribution in [3.8, 4) is 33.8 Å². The lowest BCUT2D eigenvalue weighted by Gasteiger charge is -2.23. The summed E-state index contributed by atoms with van der Waals surface area (Å²) < 4.78 is 15.4. The van der Waals surface area contributed by atoms with Crippen molar-refractivity contribution < 1.29 is 33.1 Å². The van der Waals surface area contributed by atoms with Gasteiger partial charge in [-0.1, -0.05) is 97.1 Å². The molecule has 0 bridgehead atoms. The number of H-pyrrole nitrogens is 2. The van der Waals surface area contributed by atoms with Crippen LogP contribution in [0.4, 0.5) is 9.59 Å². The second-order valence-corrected chi connectivity index (χ2v) is 14.8. The highest BCUT2D eigenvalue weighted by molar-refractivity contribution is 5.87. The quantitative estimate of drug-likeness (QED) is 0.111. The van der Waals surface area contributed by atoms with Crippen LogP contribution in [0, 0.1) is 0 Å². The third kappa shape index (κ3) is 11.2. The molecule has 0 aliphatic carbocycles. The highest BCUT2D eigenvalue weighted by Crippen LogP contribution is 2.35. The molecule has 4 amide bonds. The molecule has 2 atom stereocenters. The van der Waals surface area contributed by atoms with Gasteiger partial charge in [0.25, 0.3) is 0 Å². The van der Waals surface area contributed by atoms with E-state index in [4.69, 9.17) is 4.42 Å². The zero-order valence-electron chi connectivity index (χ0n) is 35.2. The van der Waals surface area contributed by atoms with Crippen LogP contribution in [-0.2, 0) is 19.1 Å². The number of furan rings is 1. The number of aromatic nitrogens is 4. The van der Waals surface area contributed by atoms with Crippen LogP contribution in [0.25, 0.3) is 44.8 Å². The van der Waals surface area contributed by atoms with E-state index in [0.29, 0.717) is 24.7 Å². The largest absolute Gasteiger partial charge is 0.456 e. The van der Waals surface area contributed by atoms with Gasteiger partial charge in [-0.3, -0.25) is 9.59 Å². The van der Waals surface area contributed by atoms with Gasteiger partial charge >= 0.3 is 12.2 Å². The van der Waals surface area contributed by atoms with E-state index in [1.54, 1.807) is 22.2 Å². The summed E-state index contributed by atoms with van der Waals surface area (Å²) in [6.07, 6.45) is 5.51. The molecule has 324 valence electrons. The first-order valence-corrected chi connectivity index (χ1v) is 20.8. The van der Waals surface area contributed by atoms with E-state index in [2.05, 4.69) is 40.0 Å². The molecule has 4 N–H and O–H groups in total. The normalized spacial score (nSPS) is 15.4. The maximum atomic E-state index is 12.8. The van der Waals surface area contributed by atoms with Crippen LogP contribution in [0.1, 0.15) is 49.4 Å². The van der Waals surface area contributed by atoms with Crippen molar-refractivity contribution in [1.82, 2.24) is 40.4 Å². The number of amides is 4. The summed E-state index contributed by atoms with van der Waals surface area (Å²) in [6, 6.07) is 39.5. The number of nitrogens with zero attached hydrogens (tertiary/aromatic N) is 4. The molecule has 2 aliphatic rings. The predicted molar refractivity (Wildman–Crippen MR) is 238 cm³/mol. The van der Waals surface area contributed by atoms with Gasteiger partial charge in [0.05, 0.1) is 50.1 Å². The fourth-order valence-corrected chi connectivity index (χ4v) is 7.58. The number of aromatic amines is 2. The van der Waals surface area contributed by atoms with E-state index in [1.165, 1.54) is 14.2 Å². The number of nitrogens with one attached hydrogen (secondary N) is 4. The average Bonchev–Trinajstić information content (AvgIpc) is 4.20. The second kappa shape index (κ2) is 21.2. The summed E-state index contributed by atoms with van der Waals surface area (Å²) in [6.45, 7) is 0.926. The first-order chi connectivity index (χ1) is 30.8. The fraction of sp³-hybridized carbons (Fsp3) is 0.250. The number of likely N-dealkylation sites (tertiary alicyclic amines) is 2. The Morgan fingerprint density at radius 2 is 1.05 bits per heavy atom. The Bertz CT molecular complexity index is 2490. The highest BCUT2D eigenvalue weighted by atomic mass is 16.5. The first-order valence-electron chi connectivity index (χ1n) is 20.8. The summed E-state index contributed by atoms with van der Waals surface area (Å²) in [4.78, 5) is 67.8. The average molecular weight is 851 g/mol. The summed E-state index contributed by atoms with van der Waals surface area (Å²) in [5, 5.41) is 5.85. The summed E-state index contributed by atoms with van der Waals surface area (Å²) in [7, 11) is 2.52. The molecule has 3 aromatic heterocycles. The number of ether oxygens (including phenoxy) is 2. The zero-order valence-corrected chi connectivity index (χ0v) is 35.2. The van der Waals surface area contributed by atoms with Gasteiger partial charge in [-0.15, -0.1) is 0 Å². The fourth-order valence-electron chi connectivity index (χ4n) is 7.58. The van der Waals surface area contributed by atoms with Crippen LogP contribution in [0.3, 0.4) is 0 Å². The minimum absolute atomic E-state index is 0.131. The lowest BCUT2D eigenvalue weighted by molar-refractivity contribution is -0.132. The summed E-state index contributed by atoms with van der Waals surface area (Å²) >= 11 is 0. The third-order valence-corrected chi connectivity index (χ3v) is 10.7. The number of rotatable bonds is 9. The number of fused-ring (bicyclic) bond motifs is 1. The number of imidazole rings is 2. The Hall–Kier alpha value is -7.68. The number of carbonyl (C=O) groups is 4. The van der Waals surface area contributed by atoms with E-state index >= 15 is 0 Å². The number of carbonyl (C=O) groups excluding carboxylic acids is 4. The minimum Gasteiger partial charge on any atom is -0.456 e. The van der Waals surface area contributed by atoms with Gasteiger partial charge in [-0.25, -0.2) is 19.6 Å². The Balaban J connectivity index is 0.000000428. The van der Waals surface area contributed by atoms with E-state index in [0.717, 1.165) is 70.5 Å². The van der Waals surface area contributed by atoms with Crippen molar-refractivity contribution in [2.75, 3.05) is 40.4 Å². The van der Waals surface area contributed by atoms with Crippen molar-refractivity contribution >= 4 is 35.0 Å². The molecule has 0 spiro atoms. The SMILES string of the molecule is COC(=O)NCC(=O)N1CCC[C@H]1c1ncc(-c2ccc(-c3cc4cc(-c5cnc([C@@H]6CCCN6C(=O)CNC(=O)OC)[nH]5)ccc4o3)cc2)[nH]1.c1ccccc1.c1ccccc1. The molecule has 15 nitrogen and oxygen atoms in total. The lowest BCUT2D eigenvalue weighted by atomic mass is 10.1. The Morgan fingerprint density at radius 1 is 0.619 bits per heavy atom. The van der Waals surface area contributed by atoms with Crippen molar-refractivity contribution in [3.05, 3.63) is 145 Å². The summed E-state index contributed by atoms with van der Waals surface area (Å²) in [5.74, 6) is 1.76. The van der Waals surface area contributed by atoms with Gasteiger partial charge < -0.3 is 44.3 Å².